The monoisotopic (exact) mass is 384 g/mol. The van der Waals surface area contributed by atoms with Gasteiger partial charge in [0.15, 0.2) is 0 Å². The molecule has 3 heterocycles. The number of hydrogen-bond acceptors (Lipinski definition) is 4. The van der Waals surface area contributed by atoms with E-state index in [9.17, 15) is 9.59 Å². The fraction of sp³-hybridized carbons (Fsp3) is 0.174. The predicted octanol–water partition coefficient (Wildman–Crippen LogP) is 2.94. The van der Waals surface area contributed by atoms with Crippen LogP contribution < -0.4 is 10.9 Å². The maximum atomic E-state index is 12.5. The van der Waals surface area contributed by atoms with Crippen LogP contribution in [0.4, 0.5) is 5.69 Å². The normalized spacial score (nSPS) is 14.1. The minimum Gasteiger partial charge on any atom is -0.378 e. The van der Waals surface area contributed by atoms with Gasteiger partial charge in [0.05, 0.1) is 12.5 Å². The Morgan fingerprint density at radius 3 is 2.55 bits per heavy atom. The van der Waals surface area contributed by atoms with E-state index in [0.29, 0.717) is 30.5 Å². The number of likely N-dealkylation sites (tertiary alicyclic amines) is 1. The van der Waals surface area contributed by atoms with E-state index in [2.05, 4.69) is 15.3 Å². The van der Waals surface area contributed by atoms with E-state index in [0.717, 1.165) is 22.0 Å². The molecule has 2 aromatic carbocycles. The van der Waals surface area contributed by atoms with Gasteiger partial charge in [-0.15, -0.1) is 0 Å². The first kappa shape index (κ1) is 17.4. The van der Waals surface area contributed by atoms with Crippen LogP contribution in [0.5, 0.6) is 0 Å². The third-order valence-electron chi connectivity index (χ3n) is 5.42. The Bertz CT molecular complexity index is 1260. The van der Waals surface area contributed by atoms with Crippen molar-refractivity contribution in [3.05, 3.63) is 82.8 Å². The van der Waals surface area contributed by atoms with Crippen LogP contribution in [0.1, 0.15) is 5.56 Å². The van der Waals surface area contributed by atoms with Gasteiger partial charge in [-0.1, -0.05) is 48.5 Å². The van der Waals surface area contributed by atoms with Crippen molar-refractivity contribution in [2.45, 2.75) is 12.5 Å². The summed E-state index contributed by atoms with van der Waals surface area (Å²) >= 11 is 0. The molecule has 0 aliphatic carbocycles. The highest BCUT2D eigenvalue weighted by atomic mass is 16.2. The fourth-order valence-corrected chi connectivity index (χ4v) is 3.90. The Hall–Kier alpha value is -3.67. The first-order chi connectivity index (χ1) is 14.2. The number of H-pyrrole nitrogens is 1. The number of nitrogens with zero attached hydrogens (tertiary/aromatic N) is 2. The van der Waals surface area contributed by atoms with E-state index in [4.69, 9.17) is 0 Å². The SMILES string of the molecule is O=C(Cc1ccccc1)N1CC(Nc2ccnc3[nH]c(=O)c4ccccc4c23)C1. The second-order valence-corrected chi connectivity index (χ2v) is 7.38. The van der Waals surface area contributed by atoms with E-state index >= 15 is 0 Å². The van der Waals surface area contributed by atoms with Gasteiger partial charge in [0, 0.05) is 41.1 Å². The van der Waals surface area contributed by atoms with Gasteiger partial charge in [-0.05, 0) is 17.7 Å². The predicted molar refractivity (Wildman–Crippen MR) is 114 cm³/mol. The number of hydrogen-bond donors (Lipinski definition) is 2. The van der Waals surface area contributed by atoms with Crippen molar-refractivity contribution in [2.24, 2.45) is 0 Å². The summed E-state index contributed by atoms with van der Waals surface area (Å²) in [5.74, 6) is 0.142. The van der Waals surface area contributed by atoms with Crippen LogP contribution in [0.25, 0.3) is 21.8 Å². The molecule has 0 radical (unpaired) electrons. The lowest BCUT2D eigenvalue weighted by atomic mass is 10.0. The molecule has 6 nitrogen and oxygen atoms in total. The molecule has 5 rings (SSSR count). The van der Waals surface area contributed by atoms with E-state index < -0.39 is 0 Å². The Kier molecular flexibility index (Phi) is 4.24. The first-order valence-corrected chi connectivity index (χ1v) is 9.67. The number of amides is 1. The van der Waals surface area contributed by atoms with Gasteiger partial charge >= 0.3 is 0 Å². The number of pyridine rings is 2. The summed E-state index contributed by atoms with van der Waals surface area (Å²) in [5.41, 5.74) is 2.38. The van der Waals surface area contributed by atoms with E-state index in [-0.39, 0.29) is 17.5 Å². The standard InChI is InChI=1S/C23H20N4O2/c28-20(12-15-6-2-1-3-7-15)27-13-16(14-27)25-19-10-11-24-22-21(19)17-8-4-5-9-18(17)23(29)26-22/h1-11,16H,12-14H2,(H2,24,25,26,29). The molecule has 29 heavy (non-hydrogen) atoms. The molecule has 2 N–H and O–H groups in total. The van der Waals surface area contributed by atoms with E-state index in [1.807, 2.05) is 65.6 Å². The summed E-state index contributed by atoms with van der Waals surface area (Å²) in [6.45, 7) is 1.33. The number of carbonyl (C=O) groups is 1. The van der Waals surface area contributed by atoms with Crippen LogP contribution >= 0.6 is 0 Å². The summed E-state index contributed by atoms with van der Waals surface area (Å²) in [6.07, 6.45) is 2.12. The zero-order valence-electron chi connectivity index (χ0n) is 15.8. The molecular weight excluding hydrogens is 364 g/mol. The van der Waals surface area contributed by atoms with Crippen molar-refractivity contribution >= 4 is 33.4 Å². The topological polar surface area (TPSA) is 78.1 Å². The lowest BCUT2D eigenvalue weighted by molar-refractivity contribution is -0.134. The van der Waals surface area contributed by atoms with Crippen molar-refractivity contribution < 1.29 is 4.79 Å². The van der Waals surface area contributed by atoms with Crippen molar-refractivity contribution in [1.82, 2.24) is 14.9 Å². The zero-order chi connectivity index (χ0) is 19.8. The maximum Gasteiger partial charge on any atom is 0.257 e. The van der Waals surface area contributed by atoms with Gasteiger partial charge in [0.2, 0.25) is 5.91 Å². The molecule has 0 spiro atoms. The highest BCUT2D eigenvalue weighted by Gasteiger charge is 2.30. The first-order valence-electron chi connectivity index (χ1n) is 9.67. The number of nitrogens with one attached hydrogen (secondary N) is 2. The Morgan fingerprint density at radius 1 is 1.03 bits per heavy atom. The lowest BCUT2D eigenvalue weighted by Crippen LogP contribution is -2.57. The maximum absolute atomic E-state index is 12.5. The lowest BCUT2D eigenvalue weighted by Gasteiger charge is -2.40. The number of aromatic nitrogens is 2. The molecule has 1 saturated heterocycles. The van der Waals surface area contributed by atoms with Crippen LogP contribution in [-0.4, -0.2) is 39.9 Å². The molecule has 1 aliphatic rings. The van der Waals surface area contributed by atoms with Crippen molar-refractivity contribution in [2.75, 3.05) is 18.4 Å². The van der Waals surface area contributed by atoms with Crippen LogP contribution in [0.2, 0.25) is 0 Å². The van der Waals surface area contributed by atoms with Gasteiger partial charge in [0.1, 0.15) is 5.65 Å². The summed E-state index contributed by atoms with van der Waals surface area (Å²) < 4.78 is 0. The minimum atomic E-state index is -0.140. The number of benzene rings is 2. The molecule has 2 aromatic heterocycles. The van der Waals surface area contributed by atoms with Crippen LogP contribution in [0.15, 0.2) is 71.7 Å². The molecule has 144 valence electrons. The quantitative estimate of drug-likeness (QED) is 0.531. The van der Waals surface area contributed by atoms with Crippen LogP contribution in [-0.2, 0) is 11.2 Å². The highest BCUT2D eigenvalue weighted by molar-refractivity contribution is 6.10. The average Bonchev–Trinajstić information content (AvgIpc) is 2.71. The van der Waals surface area contributed by atoms with Gasteiger partial charge < -0.3 is 15.2 Å². The number of anilines is 1. The molecule has 4 aromatic rings. The van der Waals surface area contributed by atoms with Crippen molar-refractivity contribution in [3.8, 4) is 0 Å². The largest absolute Gasteiger partial charge is 0.378 e. The Labute approximate surface area is 167 Å². The minimum absolute atomic E-state index is 0.140. The smallest absolute Gasteiger partial charge is 0.257 e. The second-order valence-electron chi connectivity index (χ2n) is 7.38. The van der Waals surface area contributed by atoms with Gasteiger partial charge in [0.25, 0.3) is 5.56 Å². The summed E-state index contributed by atoms with van der Waals surface area (Å²) in [5, 5.41) is 5.94. The third kappa shape index (κ3) is 3.23. The summed E-state index contributed by atoms with van der Waals surface area (Å²) in [7, 11) is 0. The molecule has 0 bridgehead atoms. The molecule has 1 amide bonds. The van der Waals surface area contributed by atoms with Crippen molar-refractivity contribution in [3.63, 3.8) is 0 Å². The van der Waals surface area contributed by atoms with Gasteiger partial charge in [-0.25, -0.2) is 4.98 Å². The molecule has 1 aliphatic heterocycles. The average molecular weight is 384 g/mol. The molecule has 0 saturated carbocycles. The summed E-state index contributed by atoms with van der Waals surface area (Å²) in [6, 6.07) is 19.4. The molecule has 0 atom stereocenters. The van der Waals surface area contributed by atoms with Crippen molar-refractivity contribution in [1.29, 1.82) is 0 Å². The Morgan fingerprint density at radius 2 is 1.76 bits per heavy atom. The number of fused-ring (bicyclic) bond motifs is 3. The Balaban J connectivity index is 1.35. The van der Waals surface area contributed by atoms with E-state index in [1.165, 1.54) is 0 Å². The number of aromatic amines is 1. The molecular formula is C23H20N4O2. The zero-order valence-corrected chi connectivity index (χ0v) is 15.8. The molecule has 0 unspecified atom stereocenters. The fourth-order valence-electron chi connectivity index (χ4n) is 3.90. The second kappa shape index (κ2) is 7.05. The number of carbonyl (C=O) groups excluding carboxylic acids is 1. The molecule has 6 heteroatoms. The molecule has 1 fully saturated rings. The highest BCUT2D eigenvalue weighted by Crippen LogP contribution is 2.28. The van der Waals surface area contributed by atoms with Gasteiger partial charge in [-0.2, -0.15) is 0 Å². The van der Waals surface area contributed by atoms with E-state index in [1.54, 1.807) is 6.20 Å². The van der Waals surface area contributed by atoms with Crippen LogP contribution in [0.3, 0.4) is 0 Å². The number of rotatable bonds is 4. The third-order valence-corrected chi connectivity index (χ3v) is 5.42. The van der Waals surface area contributed by atoms with Crippen LogP contribution in [0, 0.1) is 0 Å². The summed E-state index contributed by atoms with van der Waals surface area (Å²) in [4.78, 5) is 33.8. The van der Waals surface area contributed by atoms with Gasteiger partial charge in [-0.3, -0.25) is 9.59 Å².